The minimum Gasteiger partial charge on any atom is -0.328 e. The fraction of sp³-hybridized carbons (Fsp3) is 0.538. The highest BCUT2D eigenvalue weighted by Crippen LogP contribution is 2.11. The van der Waals surface area contributed by atoms with E-state index in [1.807, 2.05) is 0 Å². The highest BCUT2D eigenvalue weighted by Gasteiger charge is 1.95. The second-order valence-electron chi connectivity index (χ2n) is 4.25. The molecule has 0 aliphatic carbocycles. The smallest absolute Gasteiger partial charge is 0.0178 e. The standard InChI is InChI=1S/C13H21BrN2/c1-11(15)4-3-8-16-9-7-12-5-2-6-13(14)10-12/h2,5-6,10-11,16H,3-4,7-9,15H2,1H3. The number of hydrogen-bond acceptors (Lipinski definition) is 2. The van der Waals surface area contributed by atoms with Gasteiger partial charge in [-0.2, -0.15) is 0 Å². The molecule has 0 aliphatic heterocycles. The monoisotopic (exact) mass is 284 g/mol. The van der Waals surface area contributed by atoms with E-state index in [0.29, 0.717) is 6.04 Å². The summed E-state index contributed by atoms with van der Waals surface area (Å²) in [5.41, 5.74) is 7.05. The van der Waals surface area contributed by atoms with E-state index in [2.05, 4.69) is 52.4 Å². The van der Waals surface area contributed by atoms with Crippen LogP contribution in [0.5, 0.6) is 0 Å². The summed E-state index contributed by atoms with van der Waals surface area (Å²) in [5, 5.41) is 3.44. The molecule has 3 N–H and O–H groups in total. The van der Waals surface area contributed by atoms with Gasteiger partial charge in [0.1, 0.15) is 0 Å². The predicted octanol–water partition coefficient (Wildman–Crippen LogP) is 2.71. The van der Waals surface area contributed by atoms with E-state index in [0.717, 1.165) is 36.8 Å². The van der Waals surface area contributed by atoms with Crippen LogP contribution >= 0.6 is 15.9 Å². The second kappa shape index (κ2) is 7.82. The Balaban J connectivity index is 2.07. The number of halogens is 1. The van der Waals surface area contributed by atoms with Crippen LogP contribution in [0, 0.1) is 0 Å². The number of nitrogens with two attached hydrogens (primary N) is 1. The van der Waals surface area contributed by atoms with E-state index in [1.54, 1.807) is 0 Å². The molecule has 1 aromatic rings. The molecule has 1 unspecified atom stereocenters. The Labute approximate surface area is 107 Å². The lowest BCUT2D eigenvalue weighted by Gasteiger charge is -2.07. The quantitative estimate of drug-likeness (QED) is 0.756. The largest absolute Gasteiger partial charge is 0.328 e. The third kappa shape index (κ3) is 6.26. The van der Waals surface area contributed by atoms with E-state index >= 15 is 0 Å². The normalized spacial score (nSPS) is 12.7. The first-order valence-corrected chi connectivity index (χ1v) is 6.68. The Morgan fingerprint density at radius 2 is 2.19 bits per heavy atom. The van der Waals surface area contributed by atoms with Crippen molar-refractivity contribution >= 4 is 15.9 Å². The summed E-state index contributed by atoms with van der Waals surface area (Å²) < 4.78 is 1.15. The molecule has 90 valence electrons. The number of benzene rings is 1. The Morgan fingerprint density at radius 3 is 2.88 bits per heavy atom. The lowest BCUT2D eigenvalue weighted by Crippen LogP contribution is -2.21. The zero-order chi connectivity index (χ0) is 11.8. The molecule has 0 heterocycles. The van der Waals surface area contributed by atoms with Gasteiger partial charge in [0.05, 0.1) is 0 Å². The molecule has 0 saturated carbocycles. The topological polar surface area (TPSA) is 38.0 Å². The maximum Gasteiger partial charge on any atom is 0.0178 e. The summed E-state index contributed by atoms with van der Waals surface area (Å²) >= 11 is 3.48. The highest BCUT2D eigenvalue weighted by atomic mass is 79.9. The molecule has 1 rings (SSSR count). The van der Waals surface area contributed by atoms with Crippen molar-refractivity contribution in [2.45, 2.75) is 32.2 Å². The van der Waals surface area contributed by atoms with Gasteiger partial charge in [0, 0.05) is 10.5 Å². The first-order chi connectivity index (χ1) is 7.68. The van der Waals surface area contributed by atoms with Crippen LogP contribution in [0.3, 0.4) is 0 Å². The molecular weight excluding hydrogens is 264 g/mol. The van der Waals surface area contributed by atoms with Crippen LogP contribution < -0.4 is 11.1 Å². The lowest BCUT2D eigenvalue weighted by atomic mass is 10.1. The summed E-state index contributed by atoms with van der Waals surface area (Å²) in [4.78, 5) is 0. The van der Waals surface area contributed by atoms with Crippen LogP contribution in [0.2, 0.25) is 0 Å². The Morgan fingerprint density at radius 1 is 1.38 bits per heavy atom. The molecule has 2 nitrogen and oxygen atoms in total. The van der Waals surface area contributed by atoms with E-state index in [-0.39, 0.29) is 0 Å². The average molecular weight is 285 g/mol. The first kappa shape index (κ1) is 13.7. The van der Waals surface area contributed by atoms with Crippen LogP contribution in [0.4, 0.5) is 0 Å². The van der Waals surface area contributed by atoms with Crippen molar-refractivity contribution in [1.29, 1.82) is 0 Å². The van der Waals surface area contributed by atoms with Crippen LogP contribution in [0.15, 0.2) is 28.7 Å². The van der Waals surface area contributed by atoms with Crippen molar-refractivity contribution in [2.75, 3.05) is 13.1 Å². The highest BCUT2D eigenvalue weighted by molar-refractivity contribution is 9.10. The van der Waals surface area contributed by atoms with Gasteiger partial charge in [0.2, 0.25) is 0 Å². The minimum atomic E-state index is 0.326. The zero-order valence-corrected chi connectivity index (χ0v) is 11.5. The SMILES string of the molecule is CC(N)CCCNCCc1cccc(Br)c1. The van der Waals surface area contributed by atoms with Gasteiger partial charge >= 0.3 is 0 Å². The molecule has 3 heteroatoms. The maximum absolute atomic E-state index is 5.68. The molecule has 0 spiro atoms. The summed E-state index contributed by atoms with van der Waals surface area (Å²) in [6.45, 7) is 4.16. The van der Waals surface area contributed by atoms with Gasteiger partial charge in [0.15, 0.2) is 0 Å². The molecule has 0 fully saturated rings. The van der Waals surface area contributed by atoms with Crippen LogP contribution in [0.1, 0.15) is 25.3 Å². The zero-order valence-electron chi connectivity index (χ0n) is 9.88. The molecule has 16 heavy (non-hydrogen) atoms. The van der Waals surface area contributed by atoms with Gasteiger partial charge in [-0.3, -0.25) is 0 Å². The van der Waals surface area contributed by atoms with E-state index < -0.39 is 0 Å². The summed E-state index contributed by atoms with van der Waals surface area (Å²) in [6.07, 6.45) is 3.34. The molecular formula is C13H21BrN2. The average Bonchev–Trinajstić information content (AvgIpc) is 2.23. The van der Waals surface area contributed by atoms with Crippen LogP contribution in [-0.4, -0.2) is 19.1 Å². The van der Waals surface area contributed by atoms with E-state index in [9.17, 15) is 0 Å². The molecule has 0 aliphatic rings. The van der Waals surface area contributed by atoms with Crippen molar-refractivity contribution in [2.24, 2.45) is 5.73 Å². The van der Waals surface area contributed by atoms with Crippen LogP contribution in [0.25, 0.3) is 0 Å². The van der Waals surface area contributed by atoms with Gasteiger partial charge in [-0.1, -0.05) is 28.1 Å². The molecule has 0 saturated heterocycles. The van der Waals surface area contributed by atoms with Gasteiger partial charge in [0.25, 0.3) is 0 Å². The van der Waals surface area contributed by atoms with Crippen molar-refractivity contribution in [3.8, 4) is 0 Å². The summed E-state index contributed by atoms with van der Waals surface area (Å²) in [7, 11) is 0. The molecule has 1 aromatic carbocycles. The van der Waals surface area contributed by atoms with E-state index in [4.69, 9.17) is 5.73 Å². The van der Waals surface area contributed by atoms with Crippen LogP contribution in [-0.2, 0) is 6.42 Å². The maximum atomic E-state index is 5.68. The number of nitrogens with one attached hydrogen (secondary N) is 1. The molecule has 0 bridgehead atoms. The van der Waals surface area contributed by atoms with Gasteiger partial charge in [-0.25, -0.2) is 0 Å². The second-order valence-corrected chi connectivity index (χ2v) is 5.17. The Hall–Kier alpha value is -0.380. The molecule has 0 amide bonds. The van der Waals surface area contributed by atoms with Crippen molar-refractivity contribution in [3.05, 3.63) is 34.3 Å². The minimum absolute atomic E-state index is 0.326. The Bertz CT molecular complexity index is 300. The van der Waals surface area contributed by atoms with E-state index in [1.165, 1.54) is 5.56 Å². The molecule has 1 atom stereocenters. The Kier molecular flexibility index (Phi) is 6.69. The fourth-order valence-electron chi connectivity index (χ4n) is 1.60. The first-order valence-electron chi connectivity index (χ1n) is 5.89. The molecule has 0 aromatic heterocycles. The van der Waals surface area contributed by atoms with Crippen molar-refractivity contribution in [1.82, 2.24) is 5.32 Å². The number of hydrogen-bond donors (Lipinski definition) is 2. The van der Waals surface area contributed by atoms with Crippen molar-refractivity contribution in [3.63, 3.8) is 0 Å². The number of rotatable bonds is 7. The predicted molar refractivity (Wildman–Crippen MR) is 73.6 cm³/mol. The third-order valence-corrected chi connectivity index (χ3v) is 2.99. The third-order valence-electron chi connectivity index (χ3n) is 2.49. The van der Waals surface area contributed by atoms with Gasteiger partial charge in [-0.15, -0.1) is 0 Å². The molecule has 0 radical (unpaired) electrons. The lowest BCUT2D eigenvalue weighted by molar-refractivity contribution is 0.575. The summed E-state index contributed by atoms with van der Waals surface area (Å²) in [6, 6.07) is 8.79. The fourth-order valence-corrected chi connectivity index (χ4v) is 2.05. The van der Waals surface area contributed by atoms with Gasteiger partial charge in [-0.05, 0) is 57.0 Å². The van der Waals surface area contributed by atoms with Gasteiger partial charge < -0.3 is 11.1 Å². The van der Waals surface area contributed by atoms with Crippen molar-refractivity contribution < 1.29 is 0 Å². The summed E-state index contributed by atoms with van der Waals surface area (Å²) in [5.74, 6) is 0.